The predicted octanol–water partition coefficient (Wildman–Crippen LogP) is 6.95. The number of aromatic amines is 1. The van der Waals surface area contributed by atoms with Crippen molar-refractivity contribution >= 4 is 34.1 Å². The van der Waals surface area contributed by atoms with Crippen LogP contribution < -0.4 is 20.3 Å². The lowest BCUT2D eigenvalue weighted by molar-refractivity contribution is 0.200. The van der Waals surface area contributed by atoms with Crippen LogP contribution in [0, 0.1) is 6.92 Å². The number of H-pyrrole nitrogens is 1. The maximum absolute atomic E-state index is 12.4. The number of aryl methyl sites for hydroxylation is 2. The van der Waals surface area contributed by atoms with Gasteiger partial charge in [-0.05, 0) is 66.9 Å². The summed E-state index contributed by atoms with van der Waals surface area (Å²) in [6.45, 7) is 9.42. The molecule has 0 radical (unpaired) electrons. The number of carbonyl (C=O) groups excluding carboxylic acids is 1. The number of anilines is 3. The van der Waals surface area contributed by atoms with E-state index in [4.69, 9.17) is 9.72 Å². The van der Waals surface area contributed by atoms with Crippen molar-refractivity contribution < 1.29 is 9.53 Å². The number of aromatic nitrogens is 2. The highest BCUT2D eigenvalue weighted by Crippen LogP contribution is 2.29. The summed E-state index contributed by atoms with van der Waals surface area (Å²) in [5, 5.41) is 5.75. The second-order valence-corrected chi connectivity index (χ2v) is 10.9. The Labute approximate surface area is 252 Å². The monoisotopic (exact) mass is 574 g/mol. The molecular formula is C35H38N6O2. The van der Waals surface area contributed by atoms with Crippen LogP contribution in [-0.4, -0.2) is 60.2 Å². The molecule has 2 amide bonds. The number of urea groups is 1. The van der Waals surface area contributed by atoms with Crippen molar-refractivity contribution in [3.8, 4) is 17.1 Å². The maximum Gasteiger partial charge on any atom is 0.323 e. The molecule has 0 spiro atoms. The molecule has 1 aliphatic heterocycles. The van der Waals surface area contributed by atoms with Gasteiger partial charge in [0.2, 0.25) is 0 Å². The minimum Gasteiger partial charge on any atom is -0.492 e. The third kappa shape index (κ3) is 6.81. The quantitative estimate of drug-likeness (QED) is 0.177. The number of hydrogen-bond acceptors (Lipinski definition) is 5. The molecule has 4 aromatic carbocycles. The first kappa shape index (κ1) is 28.3. The van der Waals surface area contributed by atoms with Gasteiger partial charge in [0.15, 0.2) is 0 Å². The predicted molar refractivity (Wildman–Crippen MR) is 175 cm³/mol. The van der Waals surface area contributed by atoms with Crippen molar-refractivity contribution in [3.05, 3.63) is 102 Å². The summed E-state index contributed by atoms with van der Waals surface area (Å²) < 4.78 is 6.01. The standard InChI is InChI=1S/C35H38N6O2/c1-3-26-11-13-27(14-12-26)34-37-31-9-6-10-32(33(31)39-34)41-21-19-40(20-22-41)23-24-43-29-17-15-28(16-18-29)36-35(42)38-30-8-5-4-7-25(30)2/h4-18H,3,19-24H2,1-2H3,(H,37,39)(H2,36,38,42). The third-order valence-corrected chi connectivity index (χ3v) is 8.02. The summed E-state index contributed by atoms with van der Waals surface area (Å²) in [7, 11) is 0. The molecule has 1 saturated heterocycles. The van der Waals surface area contributed by atoms with Crippen LogP contribution in [0.2, 0.25) is 0 Å². The van der Waals surface area contributed by atoms with Gasteiger partial charge in [0.25, 0.3) is 0 Å². The lowest BCUT2D eigenvalue weighted by Crippen LogP contribution is -2.47. The molecule has 1 aliphatic rings. The van der Waals surface area contributed by atoms with Gasteiger partial charge in [0.05, 0.1) is 11.2 Å². The van der Waals surface area contributed by atoms with Crippen LogP contribution in [0.1, 0.15) is 18.1 Å². The Morgan fingerprint density at radius 1 is 0.884 bits per heavy atom. The van der Waals surface area contributed by atoms with Crippen LogP contribution in [0.3, 0.4) is 0 Å². The number of rotatable bonds is 9. The highest BCUT2D eigenvalue weighted by Gasteiger charge is 2.20. The van der Waals surface area contributed by atoms with Crippen LogP contribution in [-0.2, 0) is 6.42 Å². The van der Waals surface area contributed by atoms with Crippen LogP contribution in [0.5, 0.6) is 5.75 Å². The summed E-state index contributed by atoms with van der Waals surface area (Å²) in [6, 6.07) is 29.9. The van der Waals surface area contributed by atoms with E-state index in [2.05, 4.69) is 74.8 Å². The summed E-state index contributed by atoms with van der Waals surface area (Å²) in [4.78, 5) is 25.8. The normalized spacial score (nSPS) is 13.7. The van der Waals surface area contributed by atoms with Gasteiger partial charge in [-0.2, -0.15) is 0 Å². The summed E-state index contributed by atoms with van der Waals surface area (Å²) in [5.41, 5.74) is 8.23. The summed E-state index contributed by atoms with van der Waals surface area (Å²) >= 11 is 0. The number of fused-ring (bicyclic) bond motifs is 1. The number of nitrogens with one attached hydrogen (secondary N) is 3. The van der Waals surface area contributed by atoms with Crippen LogP contribution in [0.4, 0.5) is 21.9 Å². The first-order chi connectivity index (χ1) is 21.1. The zero-order valence-corrected chi connectivity index (χ0v) is 24.8. The number of imidazole rings is 1. The molecule has 0 aliphatic carbocycles. The average molecular weight is 575 g/mol. The SMILES string of the molecule is CCc1ccc(-c2nc3c(N4CCN(CCOc5ccc(NC(=O)Nc6ccccc6C)cc5)CC4)cccc3[nH]2)cc1. The molecule has 0 bridgehead atoms. The molecule has 6 rings (SSSR count). The largest absolute Gasteiger partial charge is 0.492 e. The van der Waals surface area contributed by atoms with Gasteiger partial charge in [0, 0.05) is 49.7 Å². The molecule has 8 nitrogen and oxygen atoms in total. The molecule has 8 heteroatoms. The molecule has 0 atom stereocenters. The Bertz CT molecular complexity index is 1670. The number of carbonyl (C=O) groups is 1. The van der Waals surface area contributed by atoms with E-state index in [0.717, 1.165) is 78.6 Å². The molecule has 2 heterocycles. The molecule has 1 aromatic heterocycles. The minimum absolute atomic E-state index is 0.271. The number of para-hydroxylation sites is 2. The van der Waals surface area contributed by atoms with Crippen LogP contribution >= 0.6 is 0 Å². The Kier molecular flexibility index (Phi) is 8.56. The van der Waals surface area contributed by atoms with E-state index in [1.807, 2.05) is 55.5 Å². The zero-order chi connectivity index (χ0) is 29.6. The van der Waals surface area contributed by atoms with E-state index in [1.54, 1.807) is 0 Å². The van der Waals surface area contributed by atoms with E-state index in [9.17, 15) is 4.79 Å². The van der Waals surface area contributed by atoms with E-state index in [0.29, 0.717) is 12.3 Å². The van der Waals surface area contributed by atoms with Crippen LogP contribution in [0.15, 0.2) is 91.0 Å². The number of hydrogen-bond donors (Lipinski definition) is 3. The summed E-state index contributed by atoms with van der Waals surface area (Å²) in [6.07, 6.45) is 1.03. The highest BCUT2D eigenvalue weighted by molar-refractivity contribution is 6.00. The number of amides is 2. The smallest absolute Gasteiger partial charge is 0.323 e. The Hall–Kier alpha value is -4.82. The van der Waals surface area contributed by atoms with Crippen molar-refractivity contribution in [2.75, 3.05) is 54.9 Å². The molecule has 5 aromatic rings. The third-order valence-electron chi connectivity index (χ3n) is 8.02. The maximum atomic E-state index is 12.4. The minimum atomic E-state index is -0.271. The Balaban J connectivity index is 0.973. The molecule has 0 unspecified atom stereocenters. The number of nitrogens with zero attached hydrogens (tertiary/aromatic N) is 3. The fraction of sp³-hybridized carbons (Fsp3) is 0.257. The van der Waals surface area contributed by atoms with E-state index >= 15 is 0 Å². The highest BCUT2D eigenvalue weighted by atomic mass is 16.5. The second-order valence-electron chi connectivity index (χ2n) is 10.9. The topological polar surface area (TPSA) is 85.5 Å². The lowest BCUT2D eigenvalue weighted by Gasteiger charge is -2.36. The molecule has 43 heavy (non-hydrogen) atoms. The zero-order valence-electron chi connectivity index (χ0n) is 24.8. The van der Waals surface area contributed by atoms with Crippen molar-refractivity contribution in [1.29, 1.82) is 0 Å². The first-order valence-corrected chi connectivity index (χ1v) is 15.0. The average Bonchev–Trinajstić information content (AvgIpc) is 3.48. The van der Waals surface area contributed by atoms with Crippen molar-refractivity contribution in [2.24, 2.45) is 0 Å². The molecule has 0 saturated carbocycles. The van der Waals surface area contributed by atoms with Gasteiger partial charge in [-0.25, -0.2) is 9.78 Å². The fourth-order valence-electron chi connectivity index (χ4n) is 5.44. The lowest BCUT2D eigenvalue weighted by atomic mass is 10.1. The number of benzene rings is 4. The van der Waals surface area contributed by atoms with Gasteiger partial charge in [0.1, 0.15) is 23.7 Å². The van der Waals surface area contributed by atoms with Gasteiger partial charge < -0.3 is 25.3 Å². The van der Waals surface area contributed by atoms with Gasteiger partial charge in [-0.3, -0.25) is 4.90 Å². The first-order valence-electron chi connectivity index (χ1n) is 15.0. The fourth-order valence-corrected chi connectivity index (χ4v) is 5.44. The van der Waals surface area contributed by atoms with Crippen molar-refractivity contribution in [1.82, 2.24) is 14.9 Å². The molecular weight excluding hydrogens is 536 g/mol. The van der Waals surface area contributed by atoms with Crippen molar-refractivity contribution in [3.63, 3.8) is 0 Å². The summed E-state index contributed by atoms with van der Waals surface area (Å²) in [5.74, 6) is 1.70. The van der Waals surface area contributed by atoms with Gasteiger partial charge >= 0.3 is 6.03 Å². The van der Waals surface area contributed by atoms with Crippen LogP contribution in [0.25, 0.3) is 22.4 Å². The van der Waals surface area contributed by atoms with Gasteiger partial charge in [-0.1, -0.05) is 55.5 Å². The Morgan fingerprint density at radius 2 is 1.65 bits per heavy atom. The van der Waals surface area contributed by atoms with E-state index < -0.39 is 0 Å². The Morgan fingerprint density at radius 3 is 2.40 bits per heavy atom. The van der Waals surface area contributed by atoms with Gasteiger partial charge in [-0.15, -0.1) is 0 Å². The second kappa shape index (κ2) is 13.0. The molecule has 3 N–H and O–H groups in total. The van der Waals surface area contributed by atoms with E-state index in [1.165, 1.54) is 11.3 Å². The molecule has 220 valence electrons. The van der Waals surface area contributed by atoms with E-state index in [-0.39, 0.29) is 6.03 Å². The molecule has 1 fully saturated rings. The number of ether oxygens (including phenoxy) is 1. The number of piperazine rings is 1. The van der Waals surface area contributed by atoms with Crippen molar-refractivity contribution in [2.45, 2.75) is 20.3 Å².